The number of hydrogen-bond donors (Lipinski definition) is 0. The molecule has 2 heteroatoms. The molecule has 0 N–H and O–H groups in total. The van der Waals surface area contributed by atoms with Gasteiger partial charge < -0.3 is 0 Å². The van der Waals surface area contributed by atoms with E-state index in [9.17, 15) is 0 Å². The van der Waals surface area contributed by atoms with Gasteiger partial charge in [0.15, 0.2) is 0 Å². The first-order chi connectivity index (χ1) is 9.24. The maximum Gasteiger partial charge on any atom is 0.0169 e. The van der Waals surface area contributed by atoms with Crippen molar-refractivity contribution in [1.82, 2.24) is 0 Å². The average Bonchev–Trinajstić information content (AvgIpc) is 3.01. The Morgan fingerprint density at radius 2 is 1.11 bits per heavy atom. The Kier molecular flexibility index (Phi) is 5.23. The number of hydrogen-bond acceptors (Lipinski definition) is 2. The van der Waals surface area contributed by atoms with E-state index in [-0.39, 0.29) is 0 Å². The summed E-state index contributed by atoms with van der Waals surface area (Å²) in [6.07, 6.45) is 5.85. The van der Waals surface area contributed by atoms with Crippen molar-refractivity contribution in [3.05, 3.63) is 42.8 Å². The fraction of sp³-hybridized carbons (Fsp3) is 0.529. The van der Waals surface area contributed by atoms with Crippen molar-refractivity contribution in [3.8, 4) is 0 Å². The molecule has 0 atom stereocenters. The second-order valence-corrected chi connectivity index (χ2v) is 6.84. The van der Waals surface area contributed by atoms with E-state index in [0.29, 0.717) is 0 Å². The summed E-state index contributed by atoms with van der Waals surface area (Å²) in [4.78, 5) is 3.19. The molecule has 0 fully saturated rings. The molecule has 0 radical (unpaired) electrons. The van der Waals surface area contributed by atoms with Crippen LogP contribution < -0.4 is 0 Å². The molecule has 0 bridgehead atoms. The smallest absolute Gasteiger partial charge is 0.0169 e. The lowest BCUT2D eigenvalue weighted by Gasteiger charge is -2.06. The zero-order valence-corrected chi connectivity index (χ0v) is 14.1. The predicted octanol–water partition coefficient (Wildman–Crippen LogP) is 5.65. The zero-order chi connectivity index (χ0) is 13.8. The number of thiophene rings is 2. The highest BCUT2D eigenvalue weighted by Crippen LogP contribution is 2.31. The minimum absolute atomic E-state index is 1.15. The summed E-state index contributed by atoms with van der Waals surface area (Å²) in [6, 6.07) is 0. The Hall–Kier alpha value is -0.600. The molecule has 0 spiro atoms. The number of rotatable bonds is 6. The van der Waals surface area contributed by atoms with Gasteiger partial charge in [-0.3, -0.25) is 0 Å². The van der Waals surface area contributed by atoms with E-state index in [1.807, 2.05) is 22.7 Å². The first-order valence-corrected chi connectivity index (χ1v) is 9.17. The average molecular weight is 293 g/mol. The molecule has 0 nitrogen and oxygen atoms in total. The lowest BCUT2D eigenvalue weighted by Crippen LogP contribution is -1.95. The van der Waals surface area contributed by atoms with E-state index in [1.165, 1.54) is 25.7 Å². The maximum absolute atomic E-state index is 2.37. The third-order valence-electron chi connectivity index (χ3n) is 3.93. The van der Waals surface area contributed by atoms with Gasteiger partial charge in [-0.25, -0.2) is 0 Å². The quantitative estimate of drug-likeness (QED) is 0.645. The molecule has 0 aliphatic carbocycles. The van der Waals surface area contributed by atoms with Gasteiger partial charge in [-0.1, -0.05) is 27.7 Å². The fourth-order valence-corrected chi connectivity index (χ4v) is 5.38. The fourth-order valence-electron chi connectivity index (χ4n) is 2.81. The SMILES string of the molecule is CCc1csc(Cc2scc(CC)c2CC)c1CC. The molecule has 0 amide bonds. The summed E-state index contributed by atoms with van der Waals surface area (Å²) < 4.78 is 0. The molecule has 0 unspecified atom stereocenters. The molecule has 0 aliphatic rings. The summed E-state index contributed by atoms with van der Waals surface area (Å²) in [5.74, 6) is 0. The molecule has 0 aromatic carbocycles. The van der Waals surface area contributed by atoms with E-state index in [1.54, 1.807) is 32.0 Å². The molecular weight excluding hydrogens is 268 g/mol. The van der Waals surface area contributed by atoms with E-state index in [2.05, 4.69) is 38.5 Å². The monoisotopic (exact) mass is 292 g/mol. The van der Waals surface area contributed by atoms with Crippen LogP contribution in [0.5, 0.6) is 0 Å². The molecule has 0 saturated carbocycles. The van der Waals surface area contributed by atoms with Crippen LogP contribution in [0.2, 0.25) is 0 Å². The van der Waals surface area contributed by atoms with Crippen LogP contribution in [0, 0.1) is 0 Å². The van der Waals surface area contributed by atoms with Crippen molar-refractivity contribution in [2.75, 3.05) is 0 Å². The van der Waals surface area contributed by atoms with Crippen molar-refractivity contribution in [1.29, 1.82) is 0 Å². The van der Waals surface area contributed by atoms with Gasteiger partial charge in [0.05, 0.1) is 0 Å². The second-order valence-electron chi connectivity index (χ2n) is 4.92. The van der Waals surface area contributed by atoms with E-state index >= 15 is 0 Å². The first kappa shape index (κ1) is 14.8. The van der Waals surface area contributed by atoms with E-state index < -0.39 is 0 Å². The summed E-state index contributed by atoms with van der Waals surface area (Å²) >= 11 is 3.93. The molecule has 2 rings (SSSR count). The third-order valence-corrected chi connectivity index (χ3v) is 6.08. The van der Waals surface area contributed by atoms with Crippen molar-refractivity contribution in [3.63, 3.8) is 0 Å². The predicted molar refractivity (Wildman–Crippen MR) is 89.0 cm³/mol. The summed E-state index contributed by atoms with van der Waals surface area (Å²) in [5, 5.41) is 4.74. The Morgan fingerprint density at radius 3 is 1.42 bits per heavy atom. The maximum atomic E-state index is 2.37. The van der Waals surface area contributed by atoms with Crippen LogP contribution >= 0.6 is 22.7 Å². The summed E-state index contributed by atoms with van der Waals surface area (Å²) in [7, 11) is 0. The van der Waals surface area contributed by atoms with Crippen molar-refractivity contribution < 1.29 is 0 Å². The van der Waals surface area contributed by atoms with E-state index in [0.717, 1.165) is 6.42 Å². The van der Waals surface area contributed by atoms with Gasteiger partial charge in [-0.2, -0.15) is 0 Å². The number of aryl methyl sites for hydroxylation is 2. The van der Waals surface area contributed by atoms with Gasteiger partial charge in [0.25, 0.3) is 0 Å². The van der Waals surface area contributed by atoms with Crippen LogP contribution in [-0.4, -0.2) is 0 Å². The lowest BCUT2D eigenvalue weighted by molar-refractivity contribution is 1.01. The highest BCUT2D eigenvalue weighted by molar-refractivity contribution is 7.11. The van der Waals surface area contributed by atoms with Gasteiger partial charge in [-0.15, -0.1) is 22.7 Å². The minimum Gasteiger partial charge on any atom is -0.148 e. The minimum atomic E-state index is 1.15. The largest absolute Gasteiger partial charge is 0.148 e. The van der Waals surface area contributed by atoms with Crippen molar-refractivity contribution in [2.24, 2.45) is 0 Å². The molecule has 104 valence electrons. The molecule has 2 heterocycles. The Bertz CT molecular complexity index is 483. The van der Waals surface area contributed by atoms with Gasteiger partial charge in [0.2, 0.25) is 0 Å². The molecular formula is C17H24S2. The van der Waals surface area contributed by atoms with Crippen LogP contribution in [0.1, 0.15) is 59.7 Å². The molecule has 19 heavy (non-hydrogen) atoms. The van der Waals surface area contributed by atoms with Crippen LogP contribution in [0.15, 0.2) is 10.8 Å². The zero-order valence-electron chi connectivity index (χ0n) is 12.5. The molecule has 2 aromatic heterocycles. The van der Waals surface area contributed by atoms with Gasteiger partial charge in [-0.05, 0) is 58.7 Å². The molecule has 0 saturated heterocycles. The van der Waals surface area contributed by atoms with Crippen LogP contribution in [-0.2, 0) is 32.1 Å². The van der Waals surface area contributed by atoms with Crippen molar-refractivity contribution >= 4 is 22.7 Å². The third kappa shape index (κ3) is 2.95. The van der Waals surface area contributed by atoms with Crippen LogP contribution in [0.4, 0.5) is 0 Å². The van der Waals surface area contributed by atoms with Crippen LogP contribution in [0.3, 0.4) is 0 Å². The normalized spacial score (nSPS) is 11.2. The Labute approximate surface area is 125 Å². The lowest BCUT2D eigenvalue weighted by atomic mass is 10.0. The standard InChI is InChI=1S/C17H24S2/c1-5-12-10-18-16(14(12)7-3)9-17-15(8-4)13(6-2)11-19-17/h10-11H,5-9H2,1-4H3. The van der Waals surface area contributed by atoms with Gasteiger partial charge in [0, 0.05) is 16.2 Å². The van der Waals surface area contributed by atoms with Gasteiger partial charge in [0.1, 0.15) is 0 Å². The highest BCUT2D eigenvalue weighted by Gasteiger charge is 2.14. The van der Waals surface area contributed by atoms with E-state index in [4.69, 9.17) is 0 Å². The van der Waals surface area contributed by atoms with Crippen LogP contribution in [0.25, 0.3) is 0 Å². The Morgan fingerprint density at radius 1 is 0.684 bits per heavy atom. The Balaban J connectivity index is 2.31. The summed E-state index contributed by atoms with van der Waals surface area (Å²) in [5.41, 5.74) is 6.35. The molecule has 2 aromatic rings. The molecule has 0 aliphatic heterocycles. The van der Waals surface area contributed by atoms with Gasteiger partial charge >= 0.3 is 0 Å². The second kappa shape index (κ2) is 6.71. The summed E-state index contributed by atoms with van der Waals surface area (Å²) in [6.45, 7) is 9.11. The topological polar surface area (TPSA) is 0 Å². The first-order valence-electron chi connectivity index (χ1n) is 7.41. The van der Waals surface area contributed by atoms with Crippen molar-refractivity contribution in [2.45, 2.75) is 59.8 Å². The highest BCUT2D eigenvalue weighted by atomic mass is 32.1.